The molecular formula is C17H27N3O. The van der Waals surface area contributed by atoms with Gasteiger partial charge in [0.1, 0.15) is 5.82 Å². The third kappa shape index (κ3) is 4.55. The first-order chi connectivity index (χ1) is 10.2. The Morgan fingerprint density at radius 2 is 2.33 bits per heavy atom. The van der Waals surface area contributed by atoms with Gasteiger partial charge < -0.3 is 15.0 Å². The SMILES string of the molecule is CCCNC(C)c1ccnc(N2CC=C(COC)CC2)c1. The first kappa shape index (κ1) is 16.0. The Labute approximate surface area is 128 Å². The van der Waals surface area contributed by atoms with Crippen LogP contribution in [0.1, 0.15) is 38.3 Å². The molecule has 1 aliphatic heterocycles. The first-order valence-corrected chi connectivity index (χ1v) is 7.85. The van der Waals surface area contributed by atoms with E-state index in [9.17, 15) is 0 Å². The number of methoxy groups -OCH3 is 1. The van der Waals surface area contributed by atoms with Crippen LogP contribution in [0, 0.1) is 0 Å². The second kappa shape index (κ2) is 8.15. The highest BCUT2D eigenvalue weighted by Gasteiger charge is 2.14. The van der Waals surface area contributed by atoms with E-state index in [1.807, 2.05) is 6.20 Å². The van der Waals surface area contributed by atoms with E-state index in [0.29, 0.717) is 6.04 Å². The molecule has 4 heteroatoms. The van der Waals surface area contributed by atoms with Crippen LogP contribution in [-0.4, -0.2) is 38.3 Å². The van der Waals surface area contributed by atoms with Crippen molar-refractivity contribution in [3.63, 3.8) is 0 Å². The van der Waals surface area contributed by atoms with Crippen LogP contribution in [0.2, 0.25) is 0 Å². The Balaban J connectivity index is 2.01. The Hall–Kier alpha value is -1.39. The van der Waals surface area contributed by atoms with Gasteiger partial charge in [-0.3, -0.25) is 0 Å². The minimum Gasteiger partial charge on any atom is -0.380 e. The number of hydrogen-bond acceptors (Lipinski definition) is 4. The number of anilines is 1. The highest BCUT2D eigenvalue weighted by atomic mass is 16.5. The average Bonchev–Trinajstić information content (AvgIpc) is 2.54. The van der Waals surface area contributed by atoms with Gasteiger partial charge in [-0.15, -0.1) is 0 Å². The van der Waals surface area contributed by atoms with Gasteiger partial charge in [0.05, 0.1) is 6.61 Å². The molecule has 1 aliphatic rings. The van der Waals surface area contributed by atoms with Crippen molar-refractivity contribution in [3.8, 4) is 0 Å². The highest BCUT2D eigenvalue weighted by molar-refractivity contribution is 5.44. The quantitative estimate of drug-likeness (QED) is 0.783. The van der Waals surface area contributed by atoms with Crippen molar-refractivity contribution >= 4 is 5.82 Å². The Morgan fingerprint density at radius 1 is 1.48 bits per heavy atom. The van der Waals surface area contributed by atoms with Crippen LogP contribution < -0.4 is 10.2 Å². The van der Waals surface area contributed by atoms with E-state index in [1.165, 1.54) is 11.1 Å². The Morgan fingerprint density at radius 3 is 3.00 bits per heavy atom. The summed E-state index contributed by atoms with van der Waals surface area (Å²) in [6.07, 6.45) is 6.40. The molecule has 1 aromatic rings. The average molecular weight is 289 g/mol. The lowest BCUT2D eigenvalue weighted by Crippen LogP contribution is -2.30. The van der Waals surface area contributed by atoms with Crippen LogP contribution in [0.25, 0.3) is 0 Å². The molecule has 1 atom stereocenters. The number of hydrogen-bond donors (Lipinski definition) is 1. The number of pyridine rings is 1. The minimum atomic E-state index is 0.371. The molecule has 0 spiro atoms. The van der Waals surface area contributed by atoms with Gasteiger partial charge in [0, 0.05) is 32.4 Å². The van der Waals surface area contributed by atoms with Crippen LogP contribution in [0.15, 0.2) is 30.0 Å². The van der Waals surface area contributed by atoms with Gasteiger partial charge in [-0.2, -0.15) is 0 Å². The topological polar surface area (TPSA) is 37.4 Å². The molecule has 0 fully saturated rings. The molecule has 0 radical (unpaired) electrons. The predicted octanol–water partition coefficient (Wildman–Crippen LogP) is 2.93. The zero-order valence-corrected chi connectivity index (χ0v) is 13.4. The van der Waals surface area contributed by atoms with Crippen molar-refractivity contribution in [3.05, 3.63) is 35.5 Å². The van der Waals surface area contributed by atoms with Crippen molar-refractivity contribution in [1.29, 1.82) is 0 Å². The number of nitrogens with one attached hydrogen (secondary N) is 1. The number of nitrogens with zero attached hydrogens (tertiary/aromatic N) is 2. The zero-order chi connectivity index (χ0) is 15.1. The van der Waals surface area contributed by atoms with Crippen LogP contribution >= 0.6 is 0 Å². The van der Waals surface area contributed by atoms with Gasteiger partial charge in [0.15, 0.2) is 0 Å². The molecule has 0 saturated carbocycles. The second-order valence-electron chi connectivity index (χ2n) is 5.61. The number of ether oxygens (including phenoxy) is 1. The number of rotatable bonds is 7. The summed E-state index contributed by atoms with van der Waals surface area (Å²) in [7, 11) is 1.75. The van der Waals surface area contributed by atoms with E-state index in [2.05, 4.69) is 47.3 Å². The third-order valence-electron chi connectivity index (χ3n) is 3.93. The van der Waals surface area contributed by atoms with Crippen molar-refractivity contribution < 1.29 is 4.74 Å². The van der Waals surface area contributed by atoms with E-state index < -0.39 is 0 Å². The lowest BCUT2D eigenvalue weighted by molar-refractivity contribution is 0.222. The second-order valence-corrected chi connectivity index (χ2v) is 5.61. The minimum absolute atomic E-state index is 0.371. The maximum atomic E-state index is 5.20. The van der Waals surface area contributed by atoms with E-state index in [1.54, 1.807) is 7.11 Å². The first-order valence-electron chi connectivity index (χ1n) is 7.85. The smallest absolute Gasteiger partial charge is 0.129 e. The zero-order valence-electron chi connectivity index (χ0n) is 13.4. The molecule has 0 aromatic carbocycles. The van der Waals surface area contributed by atoms with Gasteiger partial charge in [0.2, 0.25) is 0 Å². The summed E-state index contributed by atoms with van der Waals surface area (Å²) < 4.78 is 5.20. The monoisotopic (exact) mass is 289 g/mol. The lowest BCUT2D eigenvalue weighted by Gasteiger charge is -2.28. The standard InChI is InChI=1S/C17H27N3O/c1-4-8-18-14(2)16-5-9-19-17(12-16)20-10-6-15(7-11-20)13-21-3/h5-6,9,12,14,18H,4,7-8,10-11,13H2,1-3H3. The molecule has 0 bridgehead atoms. The maximum absolute atomic E-state index is 5.20. The fourth-order valence-corrected chi connectivity index (χ4v) is 2.59. The summed E-state index contributed by atoms with van der Waals surface area (Å²) in [6, 6.07) is 4.69. The van der Waals surface area contributed by atoms with E-state index >= 15 is 0 Å². The summed E-state index contributed by atoms with van der Waals surface area (Å²) in [5.74, 6) is 1.07. The summed E-state index contributed by atoms with van der Waals surface area (Å²) >= 11 is 0. The van der Waals surface area contributed by atoms with Gasteiger partial charge in [-0.05, 0) is 49.6 Å². The van der Waals surface area contributed by atoms with E-state index in [0.717, 1.165) is 44.9 Å². The van der Waals surface area contributed by atoms with Gasteiger partial charge in [-0.25, -0.2) is 4.98 Å². The predicted molar refractivity (Wildman–Crippen MR) is 87.7 cm³/mol. The van der Waals surface area contributed by atoms with Gasteiger partial charge in [0.25, 0.3) is 0 Å². The molecule has 1 unspecified atom stereocenters. The molecule has 0 saturated heterocycles. The fourth-order valence-electron chi connectivity index (χ4n) is 2.59. The lowest BCUT2D eigenvalue weighted by atomic mass is 10.1. The molecule has 2 rings (SSSR count). The van der Waals surface area contributed by atoms with Crippen molar-refractivity contribution in [1.82, 2.24) is 10.3 Å². The van der Waals surface area contributed by atoms with Crippen LogP contribution in [0.3, 0.4) is 0 Å². The normalized spacial score (nSPS) is 16.7. The van der Waals surface area contributed by atoms with Crippen molar-refractivity contribution in [2.45, 2.75) is 32.7 Å². The summed E-state index contributed by atoms with van der Waals surface area (Å²) in [4.78, 5) is 6.86. The number of aromatic nitrogens is 1. The summed E-state index contributed by atoms with van der Waals surface area (Å²) in [6.45, 7) is 8.14. The van der Waals surface area contributed by atoms with Crippen molar-refractivity contribution in [2.24, 2.45) is 0 Å². The molecular weight excluding hydrogens is 262 g/mol. The van der Waals surface area contributed by atoms with Gasteiger partial charge in [-0.1, -0.05) is 13.0 Å². The molecule has 1 N–H and O–H groups in total. The summed E-state index contributed by atoms with van der Waals surface area (Å²) in [5, 5.41) is 3.53. The Bertz CT molecular complexity index is 473. The maximum Gasteiger partial charge on any atom is 0.129 e. The molecule has 21 heavy (non-hydrogen) atoms. The molecule has 116 valence electrons. The van der Waals surface area contributed by atoms with Crippen LogP contribution in [0.5, 0.6) is 0 Å². The molecule has 4 nitrogen and oxygen atoms in total. The highest BCUT2D eigenvalue weighted by Crippen LogP contribution is 2.21. The molecule has 0 aliphatic carbocycles. The van der Waals surface area contributed by atoms with Crippen LogP contribution in [-0.2, 0) is 4.74 Å². The van der Waals surface area contributed by atoms with E-state index in [4.69, 9.17) is 4.74 Å². The summed E-state index contributed by atoms with van der Waals surface area (Å²) in [5.41, 5.74) is 2.70. The molecule has 1 aromatic heterocycles. The van der Waals surface area contributed by atoms with E-state index in [-0.39, 0.29) is 0 Å². The molecule has 2 heterocycles. The Kier molecular flexibility index (Phi) is 6.21. The largest absolute Gasteiger partial charge is 0.380 e. The fraction of sp³-hybridized carbons (Fsp3) is 0.588. The third-order valence-corrected chi connectivity index (χ3v) is 3.93. The molecule has 0 amide bonds. The van der Waals surface area contributed by atoms with Crippen molar-refractivity contribution in [2.75, 3.05) is 38.3 Å². The van der Waals surface area contributed by atoms with Gasteiger partial charge >= 0.3 is 0 Å². The van der Waals surface area contributed by atoms with Crippen LogP contribution in [0.4, 0.5) is 5.82 Å².